The summed E-state index contributed by atoms with van der Waals surface area (Å²) in [6, 6.07) is 0.111. The molecule has 0 aromatic heterocycles. The van der Waals surface area contributed by atoms with Gasteiger partial charge in [-0.3, -0.25) is 4.79 Å². The van der Waals surface area contributed by atoms with Crippen molar-refractivity contribution in [3.05, 3.63) is 0 Å². The van der Waals surface area contributed by atoms with Crippen LogP contribution in [0.1, 0.15) is 39.0 Å². The van der Waals surface area contributed by atoms with Gasteiger partial charge in [0, 0.05) is 12.6 Å². The van der Waals surface area contributed by atoms with E-state index < -0.39 is 9.84 Å². The van der Waals surface area contributed by atoms with Gasteiger partial charge in [-0.15, -0.1) is 12.4 Å². The highest BCUT2D eigenvalue weighted by atomic mass is 35.5. The maximum atomic E-state index is 12.2. The van der Waals surface area contributed by atoms with Crippen molar-refractivity contribution in [2.24, 2.45) is 11.7 Å². The zero-order valence-corrected chi connectivity index (χ0v) is 13.6. The van der Waals surface area contributed by atoms with Gasteiger partial charge in [-0.2, -0.15) is 0 Å². The van der Waals surface area contributed by atoms with Crippen molar-refractivity contribution >= 4 is 28.2 Å². The van der Waals surface area contributed by atoms with Crippen LogP contribution >= 0.6 is 12.4 Å². The van der Waals surface area contributed by atoms with E-state index in [9.17, 15) is 13.2 Å². The first kappa shape index (κ1) is 17.7. The van der Waals surface area contributed by atoms with Gasteiger partial charge in [0.05, 0.1) is 5.25 Å². The average Bonchev–Trinajstić information content (AvgIpc) is 2.96. The van der Waals surface area contributed by atoms with Gasteiger partial charge in [0.25, 0.3) is 0 Å². The Kier molecular flexibility index (Phi) is 6.28. The second-order valence-electron chi connectivity index (χ2n) is 5.95. The van der Waals surface area contributed by atoms with Crippen LogP contribution in [0.3, 0.4) is 0 Å². The molecule has 2 N–H and O–H groups in total. The van der Waals surface area contributed by atoms with Crippen LogP contribution in [0.4, 0.5) is 0 Å². The van der Waals surface area contributed by atoms with Gasteiger partial charge in [-0.05, 0) is 38.6 Å². The topological polar surface area (TPSA) is 80.5 Å². The Morgan fingerprint density at radius 3 is 2.40 bits per heavy atom. The first-order valence-electron chi connectivity index (χ1n) is 7.15. The van der Waals surface area contributed by atoms with Crippen molar-refractivity contribution in [3.63, 3.8) is 0 Å². The molecule has 0 aromatic carbocycles. The summed E-state index contributed by atoms with van der Waals surface area (Å²) >= 11 is 0. The average molecular weight is 325 g/mol. The summed E-state index contributed by atoms with van der Waals surface area (Å²) in [7, 11) is -3.27. The highest BCUT2D eigenvalue weighted by Gasteiger charge is 2.36. The Hall–Kier alpha value is -0.330. The molecule has 0 aromatic rings. The van der Waals surface area contributed by atoms with Crippen molar-refractivity contribution in [1.29, 1.82) is 0 Å². The molecule has 118 valence electrons. The third-order valence-corrected chi connectivity index (χ3v) is 6.59. The van der Waals surface area contributed by atoms with Gasteiger partial charge in [0.2, 0.25) is 5.91 Å². The van der Waals surface area contributed by atoms with Gasteiger partial charge in [0.15, 0.2) is 9.84 Å². The second-order valence-corrected chi connectivity index (χ2v) is 8.23. The van der Waals surface area contributed by atoms with E-state index in [-0.39, 0.29) is 35.4 Å². The zero-order valence-electron chi connectivity index (χ0n) is 12.0. The van der Waals surface area contributed by atoms with Crippen LogP contribution in [0, 0.1) is 5.92 Å². The molecule has 2 atom stereocenters. The maximum absolute atomic E-state index is 12.2. The number of hydrogen-bond donors (Lipinski definition) is 1. The number of rotatable bonds is 4. The molecule has 1 amide bonds. The van der Waals surface area contributed by atoms with E-state index in [2.05, 4.69) is 0 Å². The fourth-order valence-electron chi connectivity index (χ4n) is 3.28. The van der Waals surface area contributed by atoms with E-state index in [1.54, 1.807) is 4.90 Å². The van der Waals surface area contributed by atoms with Gasteiger partial charge in [0.1, 0.15) is 5.75 Å². The van der Waals surface area contributed by atoms with Gasteiger partial charge in [-0.1, -0.05) is 12.8 Å². The maximum Gasteiger partial charge on any atom is 0.238 e. The number of sulfone groups is 1. The van der Waals surface area contributed by atoms with Gasteiger partial charge < -0.3 is 10.6 Å². The molecule has 1 aliphatic carbocycles. The molecule has 1 heterocycles. The van der Waals surface area contributed by atoms with E-state index in [1.807, 2.05) is 6.92 Å². The summed E-state index contributed by atoms with van der Waals surface area (Å²) < 4.78 is 24.4. The summed E-state index contributed by atoms with van der Waals surface area (Å²) in [5.41, 5.74) is 5.63. The van der Waals surface area contributed by atoms with E-state index in [0.717, 1.165) is 32.1 Å². The third kappa shape index (κ3) is 3.86. The zero-order chi connectivity index (χ0) is 14.0. The van der Waals surface area contributed by atoms with Crippen molar-refractivity contribution in [2.45, 2.75) is 50.3 Å². The quantitative estimate of drug-likeness (QED) is 0.835. The lowest BCUT2D eigenvalue weighted by Crippen LogP contribution is -2.40. The number of halogens is 1. The summed E-state index contributed by atoms with van der Waals surface area (Å²) in [6.45, 7) is 3.13. The number of carbonyl (C=O) groups is 1. The molecule has 5 nitrogen and oxygen atoms in total. The van der Waals surface area contributed by atoms with Crippen LogP contribution in [0.25, 0.3) is 0 Å². The minimum absolute atomic E-state index is 0. The summed E-state index contributed by atoms with van der Waals surface area (Å²) in [4.78, 5) is 13.9. The predicted octanol–water partition coefficient (Wildman–Crippen LogP) is 0.961. The molecular formula is C13H25ClN2O3S. The molecule has 1 aliphatic heterocycles. The van der Waals surface area contributed by atoms with E-state index in [0.29, 0.717) is 19.0 Å². The molecule has 7 heteroatoms. The Morgan fingerprint density at radius 1 is 1.30 bits per heavy atom. The summed E-state index contributed by atoms with van der Waals surface area (Å²) in [5, 5.41) is -0.292. The smallest absolute Gasteiger partial charge is 0.238 e. The molecule has 2 fully saturated rings. The van der Waals surface area contributed by atoms with Crippen LogP contribution in [0.5, 0.6) is 0 Å². The van der Waals surface area contributed by atoms with Crippen LogP contribution in [0.2, 0.25) is 0 Å². The minimum Gasteiger partial charge on any atom is -0.339 e. The molecule has 0 spiro atoms. The Morgan fingerprint density at radius 2 is 1.90 bits per heavy atom. The van der Waals surface area contributed by atoms with Crippen LogP contribution in [0.15, 0.2) is 0 Å². The first-order chi connectivity index (χ1) is 8.94. The van der Waals surface area contributed by atoms with Crippen molar-refractivity contribution in [3.8, 4) is 0 Å². The number of carbonyl (C=O) groups excluding carboxylic acids is 1. The standard InChI is InChI=1S/C13H24N2O3S.ClH/c1-10-6-11(7-14)8-15(10)13(16)9-19(17,18)12-4-2-3-5-12;/h10-12H,2-9,14H2,1H3;1H. The highest BCUT2D eigenvalue weighted by molar-refractivity contribution is 7.92. The van der Waals surface area contributed by atoms with Crippen LogP contribution in [-0.4, -0.2) is 49.4 Å². The molecular weight excluding hydrogens is 300 g/mol. The summed E-state index contributed by atoms with van der Waals surface area (Å²) in [5.74, 6) is -0.247. The van der Waals surface area contributed by atoms with E-state index >= 15 is 0 Å². The lowest BCUT2D eigenvalue weighted by atomic mass is 10.1. The number of amides is 1. The molecule has 0 radical (unpaired) electrons. The highest BCUT2D eigenvalue weighted by Crippen LogP contribution is 2.27. The van der Waals surface area contributed by atoms with Crippen LogP contribution in [-0.2, 0) is 14.6 Å². The first-order valence-corrected chi connectivity index (χ1v) is 8.86. The Balaban J connectivity index is 0.00000200. The SMILES string of the molecule is CC1CC(CN)CN1C(=O)CS(=O)(=O)C1CCCC1.Cl. The lowest BCUT2D eigenvalue weighted by molar-refractivity contribution is -0.129. The third-order valence-electron chi connectivity index (χ3n) is 4.45. The molecule has 2 aliphatic rings. The largest absolute Gasteiger partial charge is 0.339 e. The van der Waals surface area contributed by atoms with E-state index in [4.69, 9.17) is 5.73 Å². The Bertz CT molecular complexity index is 435. The fraction of sp³-hybridized carbons (Fsp3) is 0.923. The predicted molar refractivity (Wildman–Crippen MR) is 81.6 cm³/mol. The fourth-order valence-corrected chi connectivity index (χ4v) is 5.08. The second kappa shape index (κ2) is 7.09. The van der Waals surface area contributed by atoms with Crippen LogP contribution < -0.4 is 5.73 Å². The normalized spacial score (nSPS) is 27.6. The Labute approximate surface area is 127 Å². The molecule has 2 rings (SSSR count). The van der Waals surface area contributed by atoms with Crippen molar-refractivity contribution < 1.29 is 13.2 Å². The van der Waals surface area contributed by atoms with Crippen molar-refractivity contribution in [2.75, 3.05) is 18.8 Å². The number of hydrogen-bond acceptors (Lipinski definition) is 4. The number of nitrogens with zero attached hydrogens (tertiary/aromatic N) is 1. The minimum atomic E-state index is -3.27. The monoisotopic (exact) mass is 324 g/mol. The lowest BCUT2D eigenvalue weighted by Gasteiger charge is -2.22. The molecule has 0 bridgehead atoms. The van der Waals surface area contributed by atoms with Crippen molar-refractivity contribution in [1.82, 2.24) is 4.90 Å². The molecule has 20 heavy (non-hydrogen) atoms. The molecule has 2 unspecified atom stereocenters. The van der Waals surface area contributed by atoms with Gasteiger partial charge >= 0.3 is 0 Å². The summed E-state index contributed by atoms with van der Waals surface area (Å²) in [6.07, 6.45) is 4.25. The number of likely N-dealkylation sites (tertiary alicyclic amines) is 1. The van der Waals surface area contributed by atoms with Gasteiger partial charge in [-0.25, -0.2) is 8.42 Å². The molecule has 1 saturated heterocycles. The number of nitrogens with two attached hydrogens (primary N) is 1. The van der Waals surface area contributed by atoms with E-state index in [1.165, 1.54) is 0 Å². The molecule has 1 saturated carbocycles.